The zero-order valence-corrected chi connectivity index (χ0v) is 20.5. The predicted octanol–water partition coefficient (Wildman–Crippen LogP) is 2.91. The summed E-state index contributed by atoms with van der Waals surface area (Å²) in [5, 5.41) is 3.40. The molecule has 0 saturated carbocycles. The summed E-state index contributed by atoms with van der Waals surface area (Å²) in [6.45, 7) is 4.85. The Labute approximate surface area is 207 Å². The second kappa shape index (κ2) is 10.1. The molecule has 2 amide bonds. The third-order valence-electron chi connectivity index (χ3n) is 6.56. The lowest BCUT2D eigenvalue weighted by Gasteiger charge is -2.24. The summed E-state index contributed by atoms with van der Waals surface area (Å²) >= 11 is 1.58. The number of aromatic nitrogens is 3. The Morgan fingerprint density at radius 1 is 1.11 bits per heavy atom. The number of piperidine rings is 1. The number of fused-ring (bicyclic) bond motifs is 1. The van der Waals surface area contributed by atoms with Gasteiger partial charge in [-0.05, 0) is 57.3 Å². The van der Waals surface area contributed by atoms with E-state index in [9.17, 15) is 14.4 Å². The molecule has 0 aliphatic carbocycles. The maximum Gasteiger partial charge on any atom is 0.263 e. The third kappa shape index (κ3) is 5.04. The molecule has 2 saturated heterocycles. The van der Waals surface area contributed by atoms with Crippen LogP contribution in [0.25, 0.3) is 10.9 Å². The number of carbonyl (C=O) groups excluding carboxylic acids is 2. The Balaban J connectivity index is 1.45. The van der Waals surface area contributed by atoms with Gasteiger partial charge in [-0.25, -0.2) is 9.97 Å². The van der Waals surface area contributed by atoms with Crippen LogP contribution in [0.2, 0.25) is 0 Å². The van der Waals surface area contributed by atoms with Crippen molar-refractivity contribution in [2.24, 2.45) is 0 Å². The number of aryl methyl sites for hydroxylation is 1. The van der Waals surface area contributed by atoms with Crippen molar-refractivity contribution in [1.29, 1.82) is 0 Å². The van der Waals surface area contributed by atoms with Gasteiger partial charge in [0.05, 0.1) is 10.9 Å². The van der Waals surface area contributed by atoms with Crippen LogP contribution in [0.3, 0.4) is 0 Å². The monoisotopic (exact) mass is 489 g/mol. The summed E-state index contributed by atoms with van der Waals surface area (Å²) in [6.07, 6.45) is 7.45. The second-order valence-corrected chi connectivity index (χ2v) is 10.2. The molecule has 1 N–H and O–H groups in total. The van der Waals surface area contributed by atoms with Gasteiger partial charge >= 0.3 is 0 Å². The van der Waals surface area contributed by atoms with E-state index in [1.54, 1.807) is 30.4 Å². The van der Waals surface area contributed by atoms with Crippen LogP contribution in [0, 0.1) is 18.8 Å². The lowest BCUT2D eigenvalue weighted by atomic mass is 10.0. The van der Waals surface area contributed by atoms with Crippen molar-refractivity contribution >= 4 is 34.1 Å². The van der Waals surface area contributed by atoms with Gasteiger partial charge in [-0.3, -0.25) is 29.2 Å². The molecule has 3 aromatic rings. The Morgan fingerprint density at radius 3 is 2.69 bits per heavy atom. The van der Waals surface area contributed by atoms with Gasteiger partial charge in [0, 0.05) is 29.6 Å². The normalized spacial score (nSPS) is 19.2. The number of thiazole rings is 1. The number of nitrogens with one attached hydrogen (secondary N) is 1. The summed E-state index contributed by atoms with van der Waals surface area (Å²) in [6, 6.07) is 4.61. The van der Waals surface area contributed by atoms with Crippen molar-refractivity contribution in [3.8, 4) is 11.8 Å². The van der Waals surface area contributed by atoms with Crippen molar-refractivity contribution in [3.05, 3.63) is 56.0 Å². The first kappa shape index (κ1) is 23.4. The minimum absolute atomic E-state index is 0.186. The Hall–Kier alpha value is -3.35. The Kier molecular flexibility index (Phi) is 6.75. The highest BCUT2D eigenvalue weighted by Crippen LogP contribution is 2.22. The van der Waals surface area contributed by atoms with Crippen LogP contribution in [0.4, 0.5) is 0 Å². The van der Waals surface area contributed by atoms with E-state index in [1.165, 1.54) is 35.1 Å². The van der Waals surface area contributed by atoms with Crippen LogP contribution >= 0.6 is 11.3 Å². The molecule has 5 rings (SSSR count). The maximum atomic E-state index is 13.5. The topological polar surface area (TPSA) is 97.2 Å². The maximum absolute atomic E-state index is 13.5. The Morgan fingerprint density at radius 2 is 1.91 bits per heavy atom. The third-order valence-corrected chi connectivity index (χ3v) is 7.46. The van der Waals surface area contributed by atoms with Crippen molar-refractivity contribution in [2.75, 3.05) is 13.1 Å². The van der Waals surface area contributed by atoms with Crippen molar-refractivity contribution in [3.63, 3.8) is 0 Å². The molecular weight excluding hydrogens is 462 g/mol. The molecular formula is C26H27N5O3S. The zero-order valence-electron chi connectivity index (χ0n) is 19.7. The summed E-state index contributed by atoms with van der Waals surface area (Å²) < 4.78 is 1.39. The first-order valence-electron chi connectivity index (χ1n) is 12.0. The highest BCUT2D eigenvalue weighted by molar-refractivity contribution is 7.12. The molecule has 0 radical (unpaired) electrons. The Bertz CT molecular complexity index is 1410. The van der Waals surface area contributed by atoms with Gasteiger partial charge in [0.2, 0.25) is 11.8 Å². The van der Waals surface area contributed by atoms with E-state index in [2.05, 4.69) is 32.0 Å². The van der Waals surface area contributed by atoms with Crippen LogP contribution in [-0.4, -0.2) is 44.3 Å². The van der Waals surface area contributed by atoms with Crippen molar-refractivity contribution < 1.29 is 9.59 Å². The molecule has 0 bridgehead atoms. The van der Waals surface area contributed by atoms with E-state index >= 15 is 0 Å². The number of amides is 2. The zero-order chi connectivity index (χ0) is 24.4. The average Bonchev–Trinajstić information content (AvgIpc) is 3.11. The number of carbonyl (C=O) groups is 2. The lowest BCUT2D eigenvalue weighted by Crippen LogP contribution is -2.45. The highest BCUT2D eigenvalue weighted by Gasteiger charge is 2.30. The number of nitrogens with zero attached hydrogens (tertiary/aromatic N) is 4. The summed E-state index contributed by atoms with van der Waals surface area (Å²) in [5.74, 6) is 5.86. The molecule has 8 nitrogen and oxygen atoms in total. The van der Waals surface area contributed by atoms with Gasteiger partial charge < -0.3 is 0 Å². The molecule has 1 aromatic carbocycles. The molecule has 2 aliphatic heterocycles. The van der Waals surface area contributed by atoms with E-state index in [0.717, 1.165) is 19.6 Å². The van der Waals surface area contributed by atoms with Crippen LogP contribution in [0.5, 0.6) is 0 Å². The standard InChI is InChI=1S/C26H27N5O3S/c1-17-28-20-8-6-7-18(24(20)26(34)31(17)21-10-11-22(32)29-25(21)33)9-12-23-27-15-19(35-23)16-30-13-4-2-3-5-14-30/h6-8,15,21H,2-5,10-11,13-14,16H2,1H3,(H,29,32,33). The number of hydrogen-bond acceptors (Lipinski definition) is 7. The highest BCUT2D eigenvalue weighted by atomic mass is 32.1. The number of likely N-dealkylation sites (tertiary alicyclic amines) is 1. The molecule has 9 heteroatoms. The molecule has 35 heavy (non-hydrogen) atoms. The van der Waals surface area contributed by atoms with Crippen LogP contribution in [0.1, 0.15) is 65.8 Å². The van der Waals surface area contributed by atoms with Gasteiger partial charge in [-0.1, -0.05) is 24.8 Å². The van der Waals surface area contributed by atoms with Gasteiger partial charge in [0.25, 0.3) is 5.56 Å². The molecule has 1 unspecified atom stereocenters. The molecule has 0 spiro atoms. The fraction of sp³-hybridized carbons (Fsp3) is 0.423. The van der Waals surface area contributed by atoms with Crippen LogP contribution in [-0.2, 0) is 16.1 Å². The summed E-state index contributed by atoms with van der Waals surface area (Å²) in [4.78, 5) is 50.3. The van der Waals surface area contributed by atoms with E-state index in [1.807, 2.05) is 12.3 Å². The minimum Gasteiger partial charge on any atom is -0.298 e. The number of benzene rings is 1. The van der Waals surface area contributed by atoms with Gasteiger partial charge in [-0.15, -0.1) is 11.3 Å². The molecule has 2 aliphatic rings. The van der Waals surface area contributed by atoms with Crippen molar-refractivity contribution in [1.82, 2.24) is 24.8 Å². The lowest BCUT2D eigenvalue weighted by molar-refractivity contribution is -0.135. The fourth-order valence-corrected chi connectivity index (χ4v) is 5.64. The fourth-order valence-electron chi connectivity index (χ4n) is 4.83. The minimum atomic E-state index is -0.765. The predicted molar refractivity (Wildman–Crippen MR) is 134 cm³/mol. The van der Waals surface area contributed by atoms with E-state index in [4.69, 9.17) is 0 Å². The SMILES string of the molecule is Cc1nc2cccc(C#Cc3ncc(CN4CCCCCC4)s3)c2c(=O)n1C1CCC(=O)NC1=O. The number of imide groups is 1. The summed E-state index contributed by atoms with van der Waals surface area (Å²) in [7, 11) is 0. The van der Waals surface area contributed by atoms with E-state index < -0.39 is 11.9 Å². The number of hydrogen-bond donors (Lipinski definition) is 1. The molecule has 2 aromatic heterocycles. The molecule has 2 fully saturated rings. The second-order valence-electron chi connectivity index (χ2n) is 9.07. The first-order chi connectivity index (χ1) is 17.0. The quantitative estimate of drug-likeness (QED) is 0.449. The first-order valence-corrected chi connectivity index (χ1v) is 12.9. The molecule has 4 heterocycles. The smallest absolute Gasteiger partial charge is 0.263 e. The van der Waals surface area contributed by atoms with Crippen LogP contribution < -0.4 is 10.9 Å². The van der Waals surface area contributed by atoms with Crippen LogP contribution in [0.15, 0.2) is 29.2 Å². The van der Waals surface area contributed by atoms with Crippen molar-refractivity contribution in [2.45, 2.75) is 58.0 Å². The van der Waals surface area contributed by atoms with E-state index in [0.29, 0.717) is 27.3 Å². The molecule has 180 valence electrons. The molecule has 1 atom stereocenters. The van der Waals surface area contributed by atoms with Gasteiger partial charge in [-0.2, -0.15) is 0 Å². The van der Waals surface area contributed by atoms with Gasteiger partial charge in [0.1, 0.15) is 11.9 Å². The van der Waals surface area contributed by atoms with E-state index in [-0.39, 0.29) is 24.3 Å². The average molecular weight is 490 g/mol. The summed E-state index contributed by atoms with van der Waals surface area (Å²) in [5.41, 5.74) is 0.752. The van der Waals surface area contributed by atoms with Gasteiger partial charge in [0.15, 0.2) is 5.01 Å². The number of rotatable bonds is 3. The largest absolute Gasteiger partial charge is 0.298 e.